The Hall–Kier alpha value is -2.22. The average Bonchev–Trinajstić information content (AvgIpc) is 2.87. The second kappa shape index (κ2) is 7.17. The summed E-state index contributed by atoms with van der Waals surface area (Å²) in [6.45, 7) is 1.89. The lowest BCUT2D eigenvalue weighted by Crippen LogP contribution is -2.14. The van der Waals surface area contributed by atoms with Crippen LogP contribution in [0.15, 0.2) is 29.4 Å². The predicted octanol–water partition coefficient (Wildman–Crippen LogP) is 1.54. The van der Waals surface area contributed by atoms with Gasteiger partial charge in [0.15, 0.2) is 17.1 Å². The van der Waals surface area contributed by atoms with Crippen molar-refractivity contribution in [2.45, 2.75) is 18.2 Å². The van der Waals surface area contributed by atoms with Crippen LogP contribution in [0.25, 0.3) is 0 Å². The van der Waals surface area contributed by atoms with Crippen molar-refractivity contribution in [1.82, 2.24) is 14.8 Å². The van der Waals surface area contributed by atoms with Crippen LogP contribution >= 0.6 is 11.8 Å². The molecule has 22 heavy (non-hydrogen) atoms. The molecule has 0 spiro atoms. The highest BCUT2D eigenvalue weighted by atomic mass is 32.2. The minimum absolute atomic E-state index is 0.166. The Morgan fingerprint density at radius 2 is 1.95 bits per heavy atom. The molecule has 2 N–H and O–H groups in total. The van der Waals surface area contributed by atoms with Crippen LogP contribution in [0.2, 0.25) is 0 Å². The fourth-order valence-corrected chi connectivity index (χ4v) is 2.51. The van der Waals surface area contributed by atoms with Crippen molar-refractivity contribution >= 4 is 17.7 Å². The van der Waals surface area contributed by atoms with Crippen LogP contribution in [-0.4, -0.2) is 33.5 Å². The van der Waals surface area contributed by atoms with Crippen LogP contribution in [-0.2, 0) is 11.8 Å². The molecule has 8 heteroatoms. The molecule has 2 aromatic rings. The predicted molar refractivity (Wildman–Crippen MR) is 83.0 cm³/mol. The molecule has 0 aliphatic heterocycles. The number of carbonyl (C=O) groups is 1. The second-order valence-corrected chi connectivity index (χ2v) is 5.53. The molecule has 1 atom stereocenters. The molecule has 7 nitrogen and oxygen atoms in total. The summed E-state index contributed by atoms with van der Waals surface area (Å²) in [5.41, 5.74) is 5.13. The van der Waals surface area contributed by atoms with E-state index >= 15 is 0 Å². The van der Waals surface area contributed by atoms with E-state index in [4.69, 9.17) is 15.2 Å². The molecule has 1 amide bonds. The third-order valence-electron chi connectivity index (χ3n) is 2.95. The van der Waals surface area contributed by atoms with Crippen LogP contribution in [0.4, 0.5) is 0 Å². The Morgan fingerprint density at radius 3 is 2.55 bits per heavy atom. The number of nitrogens with zero attached hydrogens (tertiary/aromatic N) is 3. The van der Waals surface area contributed by atoms with Gasteiger partial charge in [-0.05, 0) is 31.2 Å². The van der Waals surface area contributed by atoms with Crippen molar-refractivity contribution < 1.29 is 14.3 Å². The number of ether oxygens (including phenoxy) is 2. The van der Waals surface area contributed by atoms with E-state index in [0.717, 1.165) is 5.75 Å². The van der Waals surface area contributed by atoms with Gasteiger partial charge >= 0.3 is 0 Å². The molecule has 1 heterocycles. The van der Waals surface area contributed by atoms with E-state index in [1.165, 1.54) is 11.8 Å². The molecular formula is C14H18N4O3S. The van der Waals surface area contributed by atoms with Crippen LogP contribution in [0.3, 0.4) is 0 Å². The Balaban J connectivity index is 2.05. The van der Waals surface area contributed by atoms with Crippen molar-refractivity contribution in [1.29, 1.82) is 0 Å². The lowest BCUT2D eigenvalue weighted by atomic mass is 10.3. The Morgan fingerprint density at radius 1 is 1.32 bits per heavy atom. The van der Waals surface area contributed by atoms with Gasteiger partial charge in [0.05, 0.1) is 12.9 Å². The van der Waals surface area contributed by atoms with Crippen molar-refractivity contribution in [3.8, 4) is 11.5 Å². The number of hydrogen-bond donors (Lipinski definition) is 1. The number of thioether (sulfide) groups is 1. The standard InChI is InChI=1S/C14H18N4O3S/c1-9(21-11-6-4-10(20-3)5-7-11)13-16-17-14(18(13)2)22-8-12(15)19/h4-7,9H,8H2,1-3H3,(H2,15,19)/t9-/m0/s1. The van der Waals surface area contributed by atoms with E-state index in [2.05, 4.69) is 10.2 Å². The molecule has 0 radical (unpaired) electrons. The molecule has 0 aliphatic carbocycles. The van der Waals surface area contributed by atoms with Crippen LogP contribution in [0.1, 0.15) is 18.9 Å². The van der Waals surface area contributed by atoms with Gasteiger partial charge in [0.25, 0.3) is 0 Å². The highest BCUT2D eigenvalue weighted by Crippen LogP contribution is 2.24. The molecule has 1 aromatic carbocycles. The molecule has 0 saturated heterocycles. The minimum atomic E-state index is -0.392. The first-order valence-electron chi connectivity index (χ1n) is 6.62. The normalized spacial score (nSPS) is 12.0. The molecule has 0 unspecified atom stereocenters. The summed E-state index contributed by atoms with van der Waals surface area (Å²) in [4.78, 5) is 10.8. The summed E-state index contributed by atoms with van der Waals surface area (Å²) >= 11 is 1.25. The zero-order valence-electron chi connectivity index (χ0n) is 12.6. The average molecular weight is 322 g/mol. The molecular weight excluding hydrogens is 304 g/mol. The van der Waals surface area contributed by atoms with Gasteiger partial charge < -0.3 is 19.8 Å². The SMILES string of the molecule is COc1ccc(O[C@@H](C)c2nnc(SCC(N)=O)n2C)cc1. The van der Waals surface area contributed by atoms with Gasteiger partial charge in [-0.2, -0.15) is 0 Å². The first-order valence-corrected chi connectivity index (χ1v) is 7.61. The largest absolute Gasteiger partial charge is 0.497 e. The Labute approximate surface area is 132 Å². The molecule has 118 valence electrons. The van der Waals surface area contributed by atoms with E-state index in [-0.39, 0.29) is 11.9 Å². The fourth-order valence-electron chi connectivity index (χ4n) is 1.85. The number of nitrogens with two attached hydrogens (primary N) is 1. The maximum absolute atomic E-state index is 10.8. The van der Waals surface area contributed by atoms with Gasteiger partial charge in [0, 0.05) is 7.05 Å². The summed E-state index contributed by atoms with van der Waals surface area (Å²) in [6.07, 6.45) is -0.283. The molecule has 1 aromatic heterocycles. The Kier molecular flexibility index (Phi) is 5.26. The summed E-state index contributed by atoms with van der Waals surface area (Å²) in [5.74, 6) is 1.92. The van der Waals surface area contributed by atoms with Crippen LogP contribution < -0.4 is 15.2 Å². The smallest absolute Gasteiger partial charge is 0.227 e. The summed E-state index contributed by atoms with van der Waals surface area (Å²) in [6, 6.07) is 7.31. The van der Waals surface area contributed by atoms with E-state index < -0.39 is 5.91 Å². The van der Waals surface area contributed by atoms with Gasteiger partial charge in [-0.1, -0.05) is 11.8 Å². The lowest BCUT2D eigenvalue weighted by molar-refractivity contribution is -0.115. The molecule has 2 rings (SSSR count). The van der Waals surface area contributed by atoms with E-state index in [0.29, 0.717) is 16.7 Å². The van der Waals surface area contributed by atoms with Gasteiger partial charge in [0.2, 0.25) is 5.91 Å². The number of benzene rings is 1. The van der Waals surface area contributed by atoms with E-state index in [9.17, 15) is 4.79 Å². The van der Waals surface area contributed by atoms with Crippen molar-refractivity contribution in [3.05, 3.63) is 30.1 Å². The maximum atomic E-state index is 10.8. The van der Waals surface area contributed by atoms with Gasteiger partial charge in [-0.25, -0.2) is 0 Å². The number of aromatic nitrogens is 3. The van der Waals surface area contributed by atoms with E-state index in [1.807, 2.05) is 38.2 Å². The van der Waals surface area contributed by atoms with Crippen LogP contribution in [0.5, 0.6) is 11.5 Å². The molecule has 0 bridgehead atoms. The number of methoxy groups -OCH3 is 1. The zero-order chi connectivity index (χ0) is 16.1. The monoisotopic (exact) mass is 322 g/mol. The number of rotatable bonds is 7. The fraction of sp³-hybridized carbons (Fsp3) is 0.357. The molecule has 0 aliphatic rings. The topological polar surface area (TPSA) is 92.3 Å². The zero-order valence-corrected chi connectivity index (χ0v) is 13.5. The third-order valence-corrected chi connectivity index (χ3v) is 3.99. The van der Waals surface area contributed by atoms with Crippen molar-refractivity contribution in [3.63, 3.8) is 0 Å². The first-order chi connectivity index (χ1) is 10.5. The lowest BCUT2D eigenvalue weighted by Gasteiger charge is -2.14. The number of primary amides is 1. The minimum Gasteiger partial charge on any atom is -0.497 e. The maximum Gasteiger partial charge on any atom is 0.227 e. The second-order valence-electron chi connectivity index (χ2n) is 4.59. The first kappa shape index (κ1) is 16.2. The summed E-state index contributed by atoms with van der Waals surface area (Å²) < 4.78 is 12.7. The third kappa shape index (κ3) is 3.91. The van der Waals surface area contributed by atoms with Crippen molar-refractivity contribution in [2.24, 2.45) is 12.8 Å². The Bertz CT molecular complexity index is 642. The quantitative estimate of drug-likeness (QED) is 0.777. The molecule has 0 saturated carbocycles. The van der Waals surface area contributed by atoms with Crippen LogP contribution in [0, 0.1) is 0 Å². The number of carbonyl (C=O) groups excluding carboxylic acids is 1. The molecule has 0 fully saturated rings. The van der Waals surface area contributed by atoms with E-state index in [1.54, 1.807) is 11.7 Å². The van der Waals surface area contributed by atoms with Crippen molar-refractivity contribution in [2.75, 3.05) is 12.9 Å². The summed E-state index contributed by atoms with van der Waals surface area (Å²) in [5, 5.41) is 8.78. The van der Waals surface area contributed by atoms with Gasteiger partial charge in [0.1, 0.15) is 11.5 Å². The number of hydrogen-bond acceptors (Lipinski definition) is 6. The summed E-state index contributed by atoms with van der Waals surface area (Å²) in [7, 11) is 3.44. The van der Waals surface area contributed by atoms with Gasteiger partial charge in [-0.15, -0.1) is 10.2 Å². The number of amides is 1. The highest BCUT2D eigenvalue weighted by molar-refractivity contribution is 7.99. The van der Waals surface area contributed by atoms with Gasteiger partial charge in [-0.3, -0.25) is 4.79 Å². The highest BCUT2D eigenvalue weighted by Gasteiger charge is 2.17.